The van der Waals surface area contributed by atoms with Crippen molar-refractivity contribution in [3.05, 3.63) is 0 Å². The maximum atomic E-state index is 10.8. The quantitative estimate of drug-likeness (QED) is 0.303. The first-order chi connectivity index (χ1) is 5.13. The van der Waals surface area contributed by atoms with E-state index < -0.39 is 5.97 Å². The molecule has 0 radical (unpaired) electrons. The van der Waals surface area contributed by atoms with E-state index in [2.05, 4.69) is 25.7 Å². The van der Waals surface area contributed by atoms with Crippen LogP contribution in [0.4, 0.5) is 0 Å². The van der Waals surface area contributed by atoms with Crippen LogP contribution in [-0.2, 0) is 14.3 Å². The molecular weight excluding hydrogens is 214 g/mol. The number of rotatable bonds is 3. The Labute approximate surface area is 72.8 Å². The van der Waals surface area contributed by atoms with E-state index in [0.717, 1.165) is 0 Å². The molecule has 62 valence electrons. The molecule has 0 aromatic rings. The molecule has 1 unspecified atom stereocenters. The molecule has 5 heteroatoms. The lowest BCUT2D eigenvalue weighted by Gasteiger charge is -2.02. The second kappa shape index (κ2) is 5.01. The molecule has 0 aliphatic carbocycles. The number of carbonyl (C=O) groups excluding carboxylic acids is 2. The fraction of sp³-hybridized carbons (Fsp3) is 0.500. The van der Waals surface area contributed by atoms with Crippen molar-refractivity contribution in [1.82, 2.24) is 0 Å². The molecular formula is C6H8BrNO3. The van der Waals surface area contributed by atoms with E-state index in [1.54, 1.807) is 6.92 Å². The number of nitrogens with zero attached hydrogens (tertiary/aromatic N) is 1. The lowest BCUT2D eigenvalue weighted by atomic mass is 10.3. The molecule has 0 aliphatic rings. The van der Waals surface area contributed by atoms with E-state index in [1.807, 2.05) is 0 Å². The van der Waals surface area contributed by atoms with Crippen LogP contribution in [0.1, 0.15) is 6.92 Å². The van der Waals surface area contributed by atoms with Crippen LogP contribution in [0.25, 0.3) is 0 Å². The highest BCUT2D eigenvalue weighted by atomic mass is 79.9. The van der Waals surface area contributed by atoms with Crippen LogP contribution >= 0.6 is 15.9 Å². The number of esters is 1. The Morgan fingerprint density at radius 3 is 2.55 bits per heavy atom. The number of hydrogen-bond acceptors (Lipinski definition) is 3. The Kier molecular flexibility index (Phi) is 4.69. The van der Waals surface area contributed by atoms with Gasteiger partial charge in [-0.15, -0.1) is 0 Å². The number of alkyl halides is 1. The molecule has 0 aromatic heterocycles. The molecule has 11 heavy (non-hydrogen) atoms. The van der Waals surface area contributed by atoms with Crippen LogP contribution in [0, 0.1) is 0 Å². The monoisotopic (exact) mass is 221 g/mol. The molecule has 0 bridgehead atoms. The summed E-state index contributed by atoms with van der Waals surface area (Å²) in [6, 6.07) is 0. The highest BCUT2D eigenvalue weighted by molar-refractivity contribution is 9.10. The Hall–Kier alpha value is -0.710. The smallest absolute Gasteiger partial charge is 0.353 e. The highest BCUT2D eigenvalue weighted by Gasteiger charge is 2.16. The summed E-state index contributed by atoms with van der Waals surface area (Å²) >= 11 is 3.09. The van der Waals surface area contributed by atoms with Gasteiger partial charge < -0.3 is 4.74 Å². The molecule has 1 atom stereocenters. The topological polar surface area (TPSA) is 55.7 Å². The molecule has 0 N–H and O–H groups in total. The van der Waals surface area contributed by atoms with Gasteiger partial charge in [-0.2, -0.15) is 0 Å². The molecule has 0 spiro atoms. The summed E-state index contributed by atoms with van der Waals surface area (Å²) < 4.78 is 4.37. The maximum Gasteiger partial charge on any atom is 0.353 e. The Morgan fingerprint density at radius 1 is 1.73 bits per heavy atom. The van der Waals surface area contributed by atoms with Crippen molar-refractivity contribution >= 4 is 34.0 Å². The highest BCUT2D eigenvalue weighted by Crippen LogP contribution is 2.01. The predicted octanol–water partition coefficient (Wildman–Crippen LogP) is 0.540. The van der Waals surface area contributed by atoms with Crippen LogP contribution in [0.5, 0.6) is 0 Å². The average Bonchev–Trinajstić information content (AvgIpc) is 1.98. The first-order valence-electron chi connectivity index (χ1n) is 2.87. The number of aliphatic imine (C=N–C) groups is 1. The van der Waals surface area contributed by atoms with Crippen molar-refractivity contribution in [3.8, 4) is 0 Å². The van der Waals surface area contributed by atoms with Crippen molar-refractivity contribution in [2.24, 2.45) is 4.99 Å². The van der Waals surface area contributed by atoms with Crippen molar-refractivity contribution in [3.63, 3.8) is 0 Å². The third kappa shape index (κ3) is 3.27. The van der Waals surface area contributed by atoms with Gasteiger partial charge in [0.15, 0.2) is 0 Å². The fourth-order valence-corrected chi connectivity index (χ4v) is 0.784. The number of carbonyl (C=O) groups is 2. The summed E-state index contributed by atoms with van der Waals surface area (Å²) in [5.74, 6) is -0.596. The van der Waals surface area contributed by atoms with E-state index in [-0.39, 0.29) is 10.5 Å². The average molecular weight is 222 g/mol. The zero-order chi connectivity index (χ0) is 8.85. The molecule has 0 aromatic carbocycles. The third-order valence-corrected chi connectivity index (χ3v) is 1.40. The van der Waals surface area contributed by atoms with Gasteiger partial charge in [0, 0.05) is 0 Å². The van der Waals surface area contributed by atoms with Gasteiger partial charge in [-0.05, 0) is 6.92 Å². The summed E-state index contributed by atoms with van der Waals surface area (Å²) in [7, 11) is 1.23. The summed E-state index contributed by atoms with van der Waals surface area (Å²) in [6.45, 7) is 1.68. The van der Waals surface area contributed by atoms with Crippen LogP contribution in [0.2, 0.25) is 0 Å². The first-order valence-corrected chi connectivity index (χ1v) is 3.78. The van der Waals surface area contributed by atoms with Gasteiger partial charge in [-0.3, -0.25) is 4.79 Å². The summed E-state index contributed by atoms with van der Waals surface area (Å²) in [5.41, 5.74) is 0.0718. The summed E-state index contributed by atoms with van der Waals surface area (Å²) in [5, 5.41) is 0. The van der Waals surface area contributed by atoms with Crippen molar-refractivity contribution in [1.29, 1.82) is 0 Å². The minimum atomic E-state index is -0.596. The molecule has 0 aliphatic heterocycles. The maximum absolute atomic E-state index is 10.8. The third-order valence-electron chi connectivity index (χ3n) is 0.963. The van der Waals surface area contributed by atoms with Gasteiger partial charge in [-0.1, -0.05) is 15.9 Å². The standard InChI is InChI=1S/C6H8BrNO3/c1-4(7)5(8-3-9)6(10)11-2/h3-4H,1-2H3. The molecule has 0 saturated carbocycles. The second-order valence-corrected chi connectivity index (χ2v) is 3.10. The SMILES string of the molecule is COC(=O)C(=NC=O)C(C)Br. The van der Waals surface area contributed by atoms with Gasteiger partial charge in [0.05, 0.1) is 11.9 Å². The molecule has 0 heterocycles. The predicted molar refractivity (Wildman–Crippen MR) is 43.9 cm³/mol. The number of amides is 1. The first kappa shape index (κ1) is 10.3. The molecule has 0 rings (SSSR count). The minimum Gasteiger partial charge on any atom is -0.465 e. The van der Waals surface area contributed by atoms with Gasteiger partial charge in [0.1, 0.15) is 5.71 Å². The lowest BCUT2D eigenvalue weighted by molar-refractivity contribution is -0.133. The van der Waals surface area contributed by atoms with Gasteiger partial charge in [0.25, 0.3) is 0 Å². The summed E-state index contributed by atoms with van der Waals surface area (Å²) in [4.78, 5) is 23.8. The lowest BCUT2D eigenvalue weighted by Crippen LogP contribution is -2.23. The zero-order valence-electron chi connectivity index (χ0n) is 6.20. The molecule has 0 fully saturated rings. The Bertz CT molecular complexity index is 188. The van der Waals surface area contributed by atoms with E-state index in [0.29, 0.717) is 6.41 Å². The fourth-order valence-electron chi connectivity index (χ4n) is 0.479. The van der Waals surface area contributed by atoms with Crippen LogP contribution in [0.15, 0.2) is 4.99 Å². The van der Waals surface area contributed by atoms with Gasteiger partial charge >= 0.3 is 5.97 Å². The van der Waals surface area contributed by atoms with Gasteiger partial charge in [0.2, 0.25) is 6.41 Å². The number of ether oxygens (including phenoxy) is 1. The van der Waals surface area contributed by atoms with Crippen LogP contribution < -0.4 is 0 Å². The Balaban J connectivity index is 4.47. The zero-order valence-corrected chi connectivity index (χ0v) is 7.79. The van der Waals surface area contributed by atoms with Crippen molar-refractivity contribution < 1.29 is 14.3 Å². The minimum absolute atomic E-state index is 0.0718. The molecule has 1 amide bonds. The Morgan fingerprint density at radius 2 is 2.27 bits per heavy atom. The van der Waals surface area contributed by atoms with E-state index in [1.165, 1.54) is 7.11 Å². The molecule has 4 nitrogen and oxygen atoms in total. The summed E-state index contributed by atoms with van der Waals surface area (Å²) in [6.07, 6.45) is 0.310. The van der Waals surface area contributed by atoms with Crippen molar-refractivity contribution in [2.75, 3.05) is 7.11 Å². The van der Waals surface area contributed by atoms with Crippen LogP contribution in [-0.4, -0.2) is 30.0 Å². The number of hydrogen-bond donors (Lipinski definition) is 0. The van der Waals surface area contributed by atoms with Crippen molar-refractivity contribution in [2.45, 2.75) is 11.8 Å². The van der Waals surface area contributed by atoms with E-state index in [9.17, 15) is 9.59 Å². The van der Waals surface area contributed by atoms with Gasteiger partial charge in [-0.25, -0.2) is 9.79 Å². The number of halogens is 1. The second-order valence-electron chi connectivity index (χ2n) is 1.73. The van der Waals surface area contributed by atoms with E-state index in [4.69, 9.17) is 0 Å². The number of methoxy groups -OCH3 is 1. The molecule has 0 saturated heterocycles. The van der Waals surface area contributed by atoms with Crippen LogP contribution in [0.3, 0.4) is 0 Å². The van der Waals surface area contributed by atoms with E-state index >= 15 is 0 Å². The normalized spacial score (nSPS) is 13.9. The largest absolute Gasteiger partial charge is 0.465 e.